The number of anilines is 1. The first-order chi connectivity index (χ1) is 10.2. The third kappa shape index (κ3) is 3.50. The van der Waals surface area contributed by atoms with Gasteiger partial charge in [-0.15, -0.1) is 0 Å². The van der Waals surface area contributed by atoms with Gasteiger partial charge in [0.1, 0.15) is 0 Å². The Kier molecular flexibility index (Phi) is 4.34. The highest BCUT2D eigenvalue weighted by atomic mass is 79.9. The second-order valence-corrected chi connectivity index (χ2v) is 6.14. The predicted molar refractivity (Wildman–Crippen MR) is 85.6 cm³/mol. The maximum absolute atomic E-state index is 12.2. The second-order valence-electron chi connectivity index (χ2n) is 5.23. The summed E-state index contributed by atoms with van der Waals surface area (Å²) < 4.78 is 2.37. The van der Waals surface area contributed by atoms with Gasteiger partial charge in [0.2, 0.25) is 0 Å². The molecule has 3 heterocycles. The van der Waals surface area contributed by atoms with E-state index < -0.39 is 0 Å². The molecule has 0 amide bonds. The van der Waals surface area contributed by atoms with Gasteiger partial charge in [-0.05, 0) is 47.3 Å². The molecule has 1 aliphatic rings. The number of rotatable bonds is 3. The zero-order chi connectivity index (χ0) is 14.7. The summed E-state index contributed by atoms with van der Waals surface area (Å²) in [6.45, 7) is 2.42. The van der Waals surface area contributed by atoms with E-state index >= 15 is 0 Å². The van der Waals surface area contributed by atoms with E-state index in [-0.39, 0.29) is 5.56 Å². The highest BCUT2D eigenvalue weighted by Gasteiger charge is 2.12. The number of piperidine rings is 1. The van der Waals surface area contributed by atoms with Crippen LogP contribution in [0.5, 0.6) is 0 Å². The van der Waals surface area contributed by atoms with E-state index in [0.29, 0.717) is 6.54 Å². The minimum Gasteiger partial charge on any atom is -0.370 e. The van der Waals surface area contributed by atoms with Crippen LogP contribution in [0, 0.1) is 0 Å². The molecule has 0 aromatic carbocycles. The molecule has 0 radical (unpaired) electrons. The van der Waals surface area contributed by atoms with Crippen molar-refractivity contribution < 1.29 is 0 Å². The average Bonchev–Trinajstić information content (AvgIpc) is 2.52. The van der Waals surface area contributed by atoms with Gasteiger partial charge in [0.05, 0.1) is 24.1 Å². The summed E-state index contributed by atoms with van der Waals surface area (Å²) in [6, 6.07) is 5.48. The van der Waals surface area contributed by atoms with Gasteiger partial charge in [-0.25, -0.2) is 4.68 Å². The van der Waals surface area contributed by atoms with Gasteiger partial charge in [0.15, 0.2) is 0 Å². The summed E-state index contributed by atoms with van der Waals surface area (Å²) in [5, 5.41) is 4.28. The largest absolute Gasteiger partial charge is 0.370 e. The molecule has 110 valence electrons. The molecular formula is C15H17BrN4O. The lowest BCUT2D eigenvalue weighted by Crippen LogP contribution is -2.32. The van der Waals surface area contributed by atoms with Crippen LogP contribution in [0.25, 0.3) is 0 Å². The summed E-state index contributed by atoms with van der Waals surface area (Å²) in [7, 11) is 0. The number of aromatic nitrogens is 3. The van der Waals surface area contributed by atoms with Crippen molar-refractivity contribution in [3.63, 3.8) is 0 Å². The molecule has 21 heavy (non-hydrogen) atoms. The Morgan fingerprint density at radius 1 is 1.14 bits per heavy atom. The summed E-state index contributed by atoms with van der Waals surface area (Å²) in [5.41, 5.74) is 1.67. The van der Waals surface area contributed by atoms with Crippen molar-refractivity contribution >= 4 is 21.6 Å². The molecule has 1 aliphatic heterocycles. The predicted octanol–water partition coefficient (Wildman–Crippen LogP) is 2.44. The molecule has 0 spiro atoms. The van der Waals surface area contributed by atoms with Crippen LogP contribution in [0.2, 0.25) is 0 Å². The number of hydrogen-bond acceptors (Lipinski definition) is 4. The van der Waals surface area contributed by atoms with Crippen LogP contribution in [-0.4, -0.2) is 27.9 Å². The molecule has 0 aliphatic carbocycles. The first kappa shape index (κ1) is 14.3. The van der Waals surface area contributed by atoms with Gasteiger partial charge in [-0.3, -0.25) is 9.78 Å². The molecule has 2 aromatic heterocycles. The monoisotopic (exact) mass is 348 g/mol. The first-order valence-corrected chi connectivity index (χ1v) is 7.94. The Morgan fingerprint density at radius 3 is 2.62 bits per heavy atom. The van der Waals surface area contributed by atoms with Gasteiger partial charge in [-0.2, -0.15) is 5.10 Å². The van der Waals surface area contributed by atoms with Gasteiger partial charge in [0.25, 0.3) is 5.56 Å². The molecule has 0 N–H and O–H groups in total. The minimum absolute atomic E-state index is 0.0807. The van der Waals surface area contributed by atoms with E-state index in [0.717, 1.165) is 28.9 Å². The molecule has 0 unspecified atom stereocenters. The number of hydrogen-bond donors (Lipinski definition) is 0. The Balaban J connectivity index is 1.77. The Labute approximate surface area is 131 Å². The number of halogens is 1. The van der Waals surface area contributed by atoms with Crippen LogP contribution in [0.4, 0.5) is 5.69 Å². The van der Waals surface area contributed by atoms with Crippen LogP contribution in [0.1, 0.15) is 25.0 Å². The van der Waals surface area contributed by atoms with Crippen LogP contribution in [-0.2, 0) is 6.54 Å². The van der Waals surface area contributed by atoms with Crippen LogP contribution < -0.4 is 10.5 Å². The molecule has 2 aromatic rings. The molecule has 5 nitrogen and oxygen atoms in total. The zero-order valence-corrected chi connectivity index (χ0v) is 13.3. The number of pyridine rings is 1. The fourth-order valence-electron chi connectivity index (χ4n) is 2.52. The SMILES string of the molecule is O=c1cc(N2CCCCC2)cnn1Cc1ccc(Br)cn1. The van der Waals surface area contributed by atoms with E-state index in [9.17, 15) is 4.79 Å². The van der Waals surface area contributed by atoms with Crippen molar-refractivity contribution in [2.24, 2.45) is 0 Å². The topological polar surface area (TPSA) is 51.0 Å². The lowest BCUT2D eigenvalue weighted by atomic mass is 10.1. The minimum atomic E-state index is -0.0807. The standard InChI is InChI=1S/C15H17BrN4O/c16-12-4-5-13(17-9-12)11-20-15(21)8-14(10-18-20)19-6-2-1-3-7-19/h4-5,8-10H,1-3,6-7,11H2. The van der Waals surface area contributed by atoms with E-state index in [1.54, 1.807) is 18.5 Å². The van der Waals surface area contributed by atoms with E-state index in [1.165, 1.54) is 23.9 Å². The molecule has 1 fully saturated rings. The van der Waals surface area contributed by atoms with Crippen LogP contribution in [0.15, 0.2) is 39.9 Å². The molecule has 0 bridgehead atoms. The van der Waals surface area contributed by atoms with Gasteiger partial charge < -0.3 is 4.90 Å². The summed E-state index contributed by atoms with van der Waals surface area (Å²) in [6.07, 6.45) is 7.15. The Hall–Kier alpha value is -1.69. The maximum Gasteiger partial charge on any atom is 0.269 e. The molecule has 3 rings (SSSR count). The molecule has 6 heteroatoms. The molecular weight excluding hydrogens is 332 g/mol. The lowest BCUT2D eigenvalue weighted by Gasteiger charge is -2.28. The van der Waals surface area contributed by atoms with Crippen molar-refractivity contribution in [3.05, 3.63) is 51.1 Å². The summed E-state index contributed by atoms with van der Waals surface area (Å²) in [5.74, 6) is 0. The molecule has 0 saturated carbocycles. The summed E-state index contributed by atoms with van der Waals surface area (Å²) >= 11 is 3.35. The lowest BCUT2D eigenvalue weighted by molar-refractivity contribution is 0.570. The van der Waals surface area contributed by atoms with E-state index in [2.05, 4.69) is 30.9 Å². The van der Waals surface area contributed by atoms with Crippen molar-refractivity contribution in [1.29, 1.82) is 0 Å². The fraction of sp³-hybridized carbons (Fsp3) is 0.400. The maximum atomic E-state index is 12.2. The smallest absolute Gasteiger partial charge is 0.269 e. The number of nitrogens with zero attached hydrogens (tertiary/aromatic N) is 4. The average molecular weight is 349 g/mol. The van der Waals surface area contributed by atoms with Gasteiger partial charge >= 0.3 is 0 Å². The van der Waals surface area contributed by atoms with Gasteiger partial charge in [-0.1, -0.05) is 0 Å². The summed E-state index contributed by atoms with van der Waals surface area (Å²) in [4.78, 5) is 18.7. The first-order valence-electron chi connectivity index (χ1n) is 7.15. The fourth-order valence-corrected chi connectivity index (χ4v) is 2.76. The van der Waals surface area contributed by atoms with E-state index in [4.69, 9.17) is 0 Å². The normalized spacial score (nSPS) is 15.2. The third-order valence-corrected chi connectivity index (χ3v) is 4.15. The molecule has 0 atom stereocenters. The highest BCUT2D eigenvalue weighted by molar-refractivity contribution is 9.10. The molecule has 1 saturated heterocycles. The van der Waals surface area contributed by atoms with E-state index in [1.807, 2.05) is 12.1 Å². The zero-order valence-electron chi connectivity index (χ0n) is 11.7. The van der Waals surface area contributed by atoms with Crippen molar-refractivity contribution in [2.45, 2.75) is 25.8 Å². The quantitative estimate of drug-likeness (QED) is 0.854. The van der Waals surface area contributed by atoms with Gasteiger partial charge in [0, 0.05) is 29.8 Å². The Bertz CT molecular complexity index is 662. The second kappa shape index (κ2) is 6.39. The highest BCUT2D eigenvalue weighted by Crippen LogP contribution is 2.16. The van der Waals surface area contributed by atoms with Crippen molar-refractivity contribution in [2.75, 3.05) is 18.0 Å². The van der Waals surface area contributed by atoms with Crippen LogP contribution in [0.3, 0.4) is 0 Å². The van der Waals surface area contributed by atoms with Crippen molar-refractivity contribution in [3.8, 4) is 0 Å². The Morgan fingerprint density at radius 2 is 1.95 bits per heavy atom. The third-order valence-electron chi connectivity index (χ3n) is 3.68. The van der Waals surface area contributed by atoms with Crippen molar-refractivity contribution in [1.82, 2.24) is 14.8 Å². The van der Waals surface area contributed by atoms with Crippen LogP contribution >= 0.6 is 15.9 Å².